The van der Waals surface area contributed by atoms with Crippen LogP contribution in [0.4, 0.5) is 0 Å². The molecule has 0 spiro atoms. The average molecular weight is 443 g/mol. The minimum atomic E-state index is -0.731. The van der Waals surface area contributed by atoms with Crippen LogP contribution in [0.25, 0.3) is 0 Å². The van der Waals surface area contributed by atoms with Gasteiger partial charge in [0.05, 0.1) is 6.04 Å². The van der Waals surface area contributed by atoms with Crippen LogP contribution < -0.4 is 22.1 Å². The molecule has 0 saturated carbocycles. The zero-order valence-electron chi connectivity index (χ0n) is 18.6. The Bertz CT molecular complexity index is 841. The van der Waals surface area contributed by atoms with Crippen LogP contribution in [-0.4, -0.2) is 66.2 Å². The highest BCUT2D eigenvalue weighted by atomic mass is 16.2. The highest BCUT2D eigenvalue weighted by Crippen LogP contribution is 2.38. The number of hydrogen-bond acceptors (Lipinski definition) is 5. The number of nitrogens with zero attached hydrogens (tertiary/aromatic N) is 2. The number of nitrogens with one attached hydrogen (secondary N) is 2. The normalized spacial score (nSPS) is 25.7. The molecule has 4 atom stereocenters. The van der Waals surface area contributed by atoms with Crippen LogP contribution in [-0.2, 0) is 20.8 Å². The number of fused-ring (bicyclic) bond motifs is 1. The van der Waals surface area contributed by atoms with Gasteiger partial charge in [-0.1, -0.05) is 30.3 Å². The molecule has 9 heteroatoms. The Morgan fingerprint density at radius 3 is 2.69 bits per heavy atom. The second kappa shape index (κ2) is 10.6. The first kappa shape index (κ1) is 23.7. The minimum Gasteiger partial charge on any atom is -0.370 e. The molecule has 0 aromatic heterocycles. The van der Waals surface area contributed by atoms with E-state index >= 15 is 0 Å². The van der Waals surface area contributed by atoms with Gasteiger partial charge in [0, 0.05) is 12.6 Å². The summed E-state index contributed by atoms with van der Waals surface area (Å²) in [5.74, 6) is -0.305. The van der Waals surface area contributed by atoms with Gasteiger partial charge in [-0.2, -0.15) is 0 Å². The van der Waals surface area contributed by atoms with E-state index < -0.39 is 17.6 Å². The monoisotopic (exact) mass is 442 g/mol. The van der Waals surface area contributed by atoms with Gasteiger partial charge in [-0.05, 0) is 57.6 Å². The molecular formula is C23H34N6O3. The third-order valence-corrected chi connectivity index (χ3v) is 6.64. The number of aldehydes is 1. The van der Waals surface area contributed by atoms with Crippen LogP contribution >= 0.6 is 0 Å². The van der Waals surface area contributed by atoms with Gasteiger partial charge in [0.25, 0.3) is 0 Å². The van der Waals surface area contributed by atoms with Crippen molar-refractivity contribution in [3.05, 3.63) is 35.9 Å². The van der Waals surface area contributed by atoms with Gasteiger partial charge in [0.15, 0.2) is 5.96 Å². The maximum atomic E-state index is 13.7. The number of piperidine rings is 1. The molecule has 0 bridgehead atoms. The zero-order chi connectivity index (χ0) is 23.1. The van der Waals surface area contributed by atoms with E-state index in [0.29, 0.717) is 32.2 Å². The highest BCUT2D eigenvalue weighted by Gasteiger charge is 2.52. The summed E-state index contributed by atoms with van der Waals surface area (Å²) in [7, 11) is 1.81. The van der Waals surface area contributed by atoms with Crippen molar-refractivity contribution in [1.82, 2.24) is 15.5 Å². The third-order valence-electron chi connectivity index (χ3n) is 6.64. The van der Waals surface area contributed by atoms with Crippen molar-refractivity contribution in [3.63, 3.8) is 0 Å². The Kier molecular flexibility index (Phi) is 7.84. The van der Waals surface area contributed by atoms with Crippen molar-refractivity contribution in [2.24, 2.45) is 16.5 Å². The Labute approximate surface area is 189 Å². The van der Waals surface area contributed by atoms with Crippen molar-refractivity contribution >= 4 is 24.1 Å². The van der Waals surface area contributed by atoms with Crippen LogP contribution in [0.1, 0.15) is 44.1 Å². The van der Waals surface area contributed by atoms with Crippen LogP contribution in [0.5, 0.6) is 0 Å². The van der Waals surface area contributed by atoms with E-state index in [9.17, 15) is 14.4 Å². The lowest BCUT2D eigenvalue weighted by Gasteiger charge is -2.45. The number of rotatable bonds is 10. The smallest absolute Gasteiger partial charge is 0.244 e. The van der Waals surface area contributed by atoms with Crippen LogP contribution in [0.3, 0.4) is 0 Å². The fraction of sp³-hybridized carbons (Fsp3) is 0.565. The number of aliphatic imine (C=N–C) groups is 1. The van der Waals surface area contributed by atoms with E-state index in [4.69, 9.17) is 11.5 Å². The van der Waals surface area contributed by atoms with Crippen molar-refractivity contribution < 1.29 is 14.4 Å². The molecule has 2 aliphatic rings. The lowest BCUT2D eigenvalue weighted by atomic mass is 9.80. The van der Waals surface area contributed by atoms with Crippen molar-refractivity contribution in [2.75, 3.05) is 13.6 Å². The molecule has 6 N–H and O–H groups in total. The summed E-state index contributed by atoms with van der Waals surface area (Å²) >= 11 is 0. The molecule has 1 aromatic rings. The molecule has 9 nitrogen and oxygen atoms in total. The summed E-state index contributed by atoms with van der Waals surface area (Å²) in [6.07, 6.45) is 5.28. The maximum absolute atomic E-state index is 13.7. The Morgan fingerprint density at radius 1 is 1.28 bits per heavy atom. The Hall–Kier alpha value is -2.94. The van der Waals surface area contributed by atoms with Crippen molar-refractivity contribution in [1.29, 1.82) is 0 Å². The molecule has 3 rings (SSSR count). The van der Waals surface area contributed by atoms with Gasteiger partial charge < -0.3 is 31.8 Å². The molecule has 174 valence electrons. The number of nitrogens with two attached hydrogens (primary N) is 2. The molecule has 32 heavy (non-hydrogen) atoms. The number of guanidine groups is 1. The standard InChI is InChI=1S/C23H34N6O3/c1-26-23(14-16-6-3-2-4-7-16)12-11-18-9-10-19(29(18)21(23)32)20(31)28-17(15-30)8-5-13-27-22(24)25/h2-4,6-7,15,17-19,26H,5,8-14H2,1H3,(H,28,31)(H4,24,25,27)/t17-,18?,19?,23?/m0/s1. The summed E-state index contributed by atoms with van der Waals surface area (Å²) in [6, 6.07) is 8.79. The van der Waals surface area contributed by atoms with Gasteiger partial charge in [-0.3, -0.25) is 14.6 Å². The van der Waals surface area contributed by atoms with Gasteiger partial charge in [0.2, 0.25) is 11.8 Å². The first-order valence-corrected chi connectivity index (χ1v) is 11.3. The fourth-order valence-electron chi connectivity index (χ4n) is 4.90. The molecule has 0 aliphatic carbocycles. The molecule has 2 amide bonds. The fourth-order valence-corrected chi connectivity index (χ4v) is 4.90. The van der Waals surface area contributed by atoms with Crippen LogP contribution in [0.15, 0.2) is 35.3 Å². The summed E-state index contributed by atoms with van der Waals surface area (Å²) in [5.41, 5.74) is 11.0. The molecule has 2 heterocycles. The predicted octanol–water partition coefficient (Wildman–Crippen LogP) is 0.0780. The largest absolute Gasteiger partial charge is 0.370 e. The number of hydrogen-bond donors (Lipinski definition) is 4. The molecule has 0 radical (unpaired) electrons. The predicted molar refractivity (Wildman–Crippen MR) is 123 cm³/mol. The Balaban J connectivity index is 1.68. The molecule has 3 unspecified atom stereocenters. The summed E-state index contributed by atoms with van der Waals surface area (Å²) in [6.45, 7) is 0.392. The van der Waals surface area contributed by atoms with E-state index in [1.165, 1.54) is 0 Å². The summed E-state index contributed by atoms with van der Waals surface area (Å²) in [4.78, 5) is 43.9. The van der Waals surface area contributed by atoms with Gasteiger partial charge >= 0.3 is 0 Å². The molecule has 2 aliphatic heterocycles. The topological polar surface area (TPSA) is 143 Å². The number of amides is 2. The summed E-state index contributed by atoms with van der Waals surface area (Å²) in [5, 5.41) is 6.08. The molecule has 2 saturated heterocycles. The zero-order valence-corrected chi connectivity index (χ0v) is 18.6. The van der Waals surface area contributed by atoms with Crippen LogP contribution in [0.2, 0.25) is 0 Å². The van der Waals surface area contributed by atoms with Crippen LogP contribution in [0, 0.1) is 0 Å². The van der Waals surface area contributed by atoms with Crippen molar-refractivity contribution in [2.45, 2.75) is 68.6 Å². The lowest BCUT2D eigenvalue weighted by Crippen LogP contribution is -2.65. The first-order valence-electron chi connectivity index (χ1n) is 11.3. The number of carbonyl (C=O) groups is 3. The Morgan fingerprint density at radius 2 is 2.03 bits per heavy atom. The average Bonchev–Trinajstić information content (AvgIpc) is 3.23. The number of carbonyl (C=O) groups excluding carboxylic acids is 3. The highest BCUT2D eigenvalue weighted by molar-refractivity contribution is 5.94. The van der Waals surface area contributed by atoms with Gasteiger partial charge in [0.1, 0.15) is 17.9 Å². The molecule has 2 fully saturated rings. The second-order valence-electron chi connectivity index (χ2n) is 8.69. The SMILES string of the molecule is CNC1(Cc2ccccc2)CCC2CCC(C(=O)N[C@H](C=O)CCCN=C(N)N)N2C1=O. The van der Waals surface area contributed by atoms with E-state index in [-0.39, 0.29) is 23.8 Å². The van der Waals surface area contributed by atoms with E-state index in [0.717, 1.165) is 31.1 Å². The second-order valence-corrected chi connectivity index (χ2v) is 8.69. The molecular weight excluding hydrogens is 408 g/mol. The first-order chi connectivity index (χ1) is 15.4. The van der Waals surface area contributed by atoms with Crippen molar-refractivity contribution in [3.8, 4) is 0 Å². The third kappa shape index (κ3) is 5.27. The van der Waals surface area contributed by atoms with E-state index in [1.807, 2.05) is 37.4 Å². The molecule has 1 aromatic carbocycles. The van der Waals surface area contributed by atoms with E-state index in [1.54, 1.807) is 4.90 Å². The minimum absolute atomic E-state index is 0.000756. The van der Waals surface area contributed by atoms with Gasteiger partial charge in [-0.25, -0.2) is 0 Å². The summed E-state index contributed by atoms with van der Waals surface area (Å²) < 4.78 is 0. The maximum Gasteiger partial charge on any atom is 0.244 e. The number of benzene rings is 1. The number of likely N-dealkylation sites (N-methyl/N-ethyl adjacent to an activating group) is 1. The lowest BCUT2D eigenvalue weighted by molar-refractivity contribution is -0.150. The quantitative estimate of drug-likeness (QED) is 0.175. The van der Waals surface area contributed by atoms with Gasteiger partial charge in [-0.15, -0.1) is 0 Å². The van der Waals surface area contributed by atoms with E-state index in [2.05, 4.69) is 15.6 Å².